The number of hydrogen-bond acceptors (Lipinski definition) is 3. The molecule has 1 aromatic heterocycles. The molecule has 0 saturated heterocycles. The minimum absolute atomic E-state index is 0.0587. The van der Waals surface area contributed by atoms with E-state index in [2.05, 4.69) is 12.6 Å². The molecule has 1 aromatic rings. The Kier molecular flexibility index (Phi) is 2.73. The summed E-state index contributed by atoms with van der Waals surface area (Å²) in [5.41, 5.74) is 0.877. The third-order valence-electron chi connectivity index (χ3n) is 1.07. The second kappa shape index (κ2) is 3.59. The molecule has 58 valence electrons. The second-order valence-electron chi connectivity index (χ2n) is 1.89. The van der Waals surface area contributed by atoms with Crippen molar-refractivity contribution < 1.29 is 9.90 Å². The molecule has 0 spiro atoms. The summed E-state index contributed by atoms with van der Waals surface area (Å²) in [6.45, 7) is 0. The molecule has 0 saturated carbocycles. The van der Waals surface area contributed by atoms with E-state index in [1.54, 1.807) is 0 Å². The van der Waals surface area contributed by atoms with Gasteiger partial charge in [0.1, 0.15) is 0 Å². The molecule has 0 bridgehead atoms. The van der Waals surface area contributed by atoms with Crippen molar-refractivity contribution in [3.63, 3.8) is 0 Å². The zero-order valence-corrected chi connectivity index (χ0v) is 7.23. The highest BCUT2D eigenvalue weighted by molar-refractivity contribution is 7.85. The van der Waals surface area contributed by atoms with E-state index >= 15 is 0 Å². The van der Waals surface area contributed by atoms with Gasteiger partial charge in [-0.25, -0.2) is 4.79 Å². The summed E-state index contributed by atoms with van der Waals surface area (Å²) >= 11 is 5.30. The number of aliphatic carboxylic acids is 1. The molecule has 0 radical (unpaired) electrons. The highest BCUT2D eigenvalue weighted by Gasteiger charge is 2.00. The van der Waals surface area contributed by atoms with Gasteiger partial charge in [0.2, 0.25) is 0 Å². The molecule has 0 aliphatic heterocycles. The fourth-order valence-electron chi connectivity index (χ4n) is 0.577. The number of carbonyl (C=O) groups is 1. The van der Waals surface area contributed by atoms with Crippen LogP contribution in [-0.4, -0.2) is 11.1 Å². The number of rotatable bonds is 2. The Balaban J connectivity index is 2.82. The number of hydrogen-bond donors (Lipinski definition) is 2. The number of carboxylic acids is 1. The Morgan fingerprint density at radius 2 is 2.45 bits per heavy atom. The molecule has 0 unspecified atom stereocenters. The summed E-state index contributed by atoms with van der Waals surface area (Å²) in [6.07, 6.45) is 1.52. The largest absolute Gasteiger partial charge is 0.477 e. The van der Waals surface area contributed by atoms with Gasteiger partial charge >= 0.3 is 5.97 Å². The van der Waals surface area contributed by atoms with E-state index in [1.165, 1.54) is 17.4 Å². The molecule has 0 fully saturated rings. The maximum absolute atomic E-state index is 10.3. The predicted octanol–water partition coefficient (Wildman–Crippen LogP) is 2.10. The van der Waals surface area contributed by atoms with Gasteiger partial charge in [0.25, 0.3) is 0 Å². The van der Waals surface area contributed by atoms with Crippen LogP contribution in [0.15, 0.2) is 21.7 Å². The van der Waals surface area contributed by atoms with Gasteiger partial charge in [0, 0.05) is 0 Å². The first-order valence-electron chi connectivity index (χ1n) is 2.86. The Morgan fingerprint density at radius 1 is 1.73 bits per heavy atom. The van der Waals surface area contributed by atoms with Crippen molar-refractivity contribution in [3.8, 4) is 0 Å². The maximum Gasteiger partial charge on any atom is 0.341 e. The van der Waals surface area contributed by atoms with Crippen LogP contribution >= 0.6 is 24.0 Å². The summed E-state index contributed by atoms with van der Waals surface area (Å²) in [4.78, 5) is 10.3. The zero-order chi connectivity index (χ0) is 8.27. The van der Waals surface area contributed by atoms with Crippen LogP contribution in [0.3, 0.4) is 0 Å². The molecule has 4 heteroatoms. The summed E-state index contributed by atoms with van der Waals surface area (Å²) in [5.74, 6) is -1.00. The minimum Gasteiger partial charge on any atom is -0.477 e. The molecule has 0 aliphatic rings. The summed E-state index contributed by atoms with van der Waals surface area (Å²) in [6, 6.07) is 1.84. The molecule has 11 heavy (non-hydrogen) atoms. The first-order chi connectivity index (χ1) is 5.20. The third-order valence-corrected chi connectivity index (χ3v) is 2.09. The molecule has 1 rings (SSSR count). The summed E-state index contributed by atoms with van der Waals surface area (Å²) in [7, 11) is 0. The molecular formula is C7H6O2S2. The lowest BCUT2D eigenvalue weighted by Gasteiger charge is -1.88. The van der Waals surface area contributed by atoms with E-state index in [4.69, 9.17) is 5.11 Å². The van der Waals surface area contributed by atoms with E-state index in [0.717, 1.165) is 5.56 Å². The average Bonchev–Trinajstić information content (AvgIpc) is 2.39. The highest BCUT2D eigenvalue weighted by Crippen LogP contribution is 2.12. The summed E-state index contributed by atoms with van der Waals surface area (Å²) in [5, 5.41) is 12.2. The number of thiophene rings is 1. The standard InChI is InChI=1S/C7H6O2S2/c8-7(9)6(10)3-5-1-2-11-4-5/h1-4,10H,(H,8,9). The normalized spacial score (nSPS) is 11.5. The lowest BCUT2D eigenvalue weighted by atomic mass is 10.3. The first-order valence-corrected chi connectivity index (χ1v) is 4.25. The Bertz CT molecular complexity index is 275. The average molecular weight is 186 g/mol. The minimum atomic E-state index is -1.00. The van der Waals surface area contributed by atoms with Gasteiger partial charge in [0.15, 0.2) is 0 Å². The van der Waals surface area contributed by atoms with Gasteiger partial charge in [-0.2, -0.15) is 11.3 Å². The van der Waals surface area contributed by atoms with Crippen LogP contribution in [0.4, 0.5) is 0 Å². The summed E-state index contributed by atoms with van der Waals surface area (Å²) < 4.78 is 0. The van der Waals surface area contributed by atoms with E-state index in [-0.39, 0.29) is 4.91 Å². The van der Waals surface area contributed by atoms with Crippen LogP contribution in [0.25, 0.3) is 6.08 Å². The van der Waals surface area contributed by atoms with E-state index in [0.29, 0.717) is 0 Å². The molecule has 0 aliphatic carbocycles. The van der Waals surface area contributed by atoms with Crippen molar-refractivity contribution >= 4 is 36.0 Å². The van der Waals surface area contributed by atoms with Crippen molar-refractivity contribution in [2.24, 2.45) is 0 Å². The Labute approximate surface area is 73.6 Å². The van der Waals surface area contributed by atoms with Gasteiger partial charge < -0.3 is 5.11 Å². The van der Waals surface area contributed by atoms with Gasteiger partial charge in [-0.05, 0) is 28.5 Å². The quantitative estimate of drug-likeness (QED) is 0.548. The van der Waals surface area contributed by atoms with Crippen LogP contribution in [0, 0.1) is 0 Å². The SMILES string of the molecule is O=C(O)C(S)=Cc1ccsc1. The van der Waals surface area contributed by atoms with E-state index in [1.807, 2.05) is 16.8 Å². The molecule has 0 amide bonds. The molecule has 0 aromatic carbocycles. The van der Waals surface area contributed by atoms with Crippen LogP contribution in [0.1, 0.15) is 5.56 Å². The highest BCUT2D eigenvalue weighted by atomic mass is 32.1. The van der Waals surface area contributed by atoms with Gasteiger partial charge in [-0.1, -0.05) is 0 Å². The van der Waals surface area contributed by atoms with Crippen molar-refractivity contribution in [2.75, 3.05) is 0 Å². The topological polar surface area (TPSA) is 37.3 Å². The predicted molar refractivity (Wildman–Crippen MR) is 48.9 cm³/mol. The molecule has 1 heterocycles. The van der Waals surface area contributed by atoms with Crippen molar-refractivity contribution in [2.45, 2.75) is 0 Å². The first kappa shape index (κ1) is 8.36. The Hall–Kier alpha value is -0.740. The van der Waals surface area contributed by atoms with Crippen molar-refractivity contribution in [1.82, 2.24) is 0 Å². The van der Waals surface area contributed by atoms with Crippen molar-refractivity contribution in [3.05, 3.63) is 27.3 Å². The van der Waals surface area contributed by atoms with Crippen LogP contribution in [0.2, 0.25) is 0 Å². The third kappa shape index (κ3) is 2.40. The molecule has 1 N–H and O–H groups in total. The maximum atomic E-state index is 10.3. The fourth-order valence-corrected chi connectivity index (χ4v) is 1.34. The molecule has 0 atom stereocenters. The Morgan fingerprint density at radius 3 is 2.91 bits per heavy atom. The van der Waals surface area contributed by atoms with Gasteiger partial charge in [-0.3, -0.25) is 0 Å². The smallest absolute Gasteiger partial charge is 0.341 e. The molecule has 2 nitrogen and oxygen atoms in total. The molecular weight excluding hydrogens is 180 g/mol. The lowest BCUT2D eigenvalue weighted by Crippen LogP contribution is -1.92. The zero-order valence-electron chi connectivity index (χ0n) is 5.52. The number of carboxylic acid groups (broad SMARTS) is 1. The monoisotopic (exact) mass is 186 g/mol. The van der Waals surface area contributed by atoms with Crippen LogP contribution < -0.4 is 0 Å². The van der Waals surface area contributed by atoms with E-state index < -0.39 is 5.97 Å². The van der Waals surface area contributed by atoms with Gasteiger partial charge in [-0.15, -0.1) is 12.6 Å². The number of thiol groups is 1. The lowest BCUT2D eigenvalue weighted by molar-refractivity contribution is -0.131. The fraction of sp³-hybridized carbons (Fsp3) is 0. The van der Waals surface area contributed by atoms with Crippen LogP contribution in [-0.2, 0) is 4.79 Å². The van der Waals surface area contributed by atoms with E-state index in [9.17, 15) is 4.79 Å². The second-order valence-corrected chi connectivity index (χ2v) is 3.15. The van der Waals surface area contributed by atoms with Gasteiger partial charge in [0.05, 0.1) is 4.91 Å². The van der Waals surface area contributed by atoms with Crippen molar-refractivity contribution in [1.29, 1.82) is 0 Å². The van der Waals surface area contributed by atoms with Crippen LogP contribution in [0.5, 0.6) is 0 Å².